The van der Waals surface area contributed by atoms with Crippen LogP contribution in [0.25, 0.3) is 0 Å². The molecule has 0 saturated carbocycles. The predicted molar refractivity (Wildman–Crippen MR) is 85.9 cm³/mol. The average Bonchev–Trinajstić information content (AvgIpc) is 2.50. The van der Waals surface area contributed by atoms with Crippen molar-refractivity contribution in [1.29, 1.82) is 0 Å². The van der Waals surface area contributed by atoms with E-state index in [0.717, 1.165) is 10.2 Å². The minimum atomic E-state index is -0.590. The summed E-state index contributed by atoms with van der Waals surface area (Å²) < 4.78 is 11.6. The molecule has 0 aliphatic rings. The number of methoxy groups -OCH3 is 1. The number of carbonyl (C=O) groups is 1. The maximum Gasteiger partial charge on any atom is 0.265 e. The maximum absolute atomic E-state index is 12.1. The second-order valence-corrected chi connectivity index (χ2v) is 5.35. The van der Waals surface area contributed by atoms with Crippen molar-refractivity contribution in [3.05, 3.63) is 53.0 Å². The number of hydrogen-bond donors (Lipinski definition) is 1. The van der Waals surface area contributed by atoms with Gasteiger partial charge < -0.3 is 14.8 Å². The van der Waals surface area contributed by atoms with E-state index >= 15 is 0 Å². The molecule has 0 aliphatic heterocycles. The van der Waals surface area contributed by atoms with Gasteiger partial charge in [-0.15, -0.1) is 0 Å². The summed E-state index contributed by atoms with van der Waals surface area (Å²) in [5.41, 5.74) is 0.701. The Labute approximate surface area is 132 Å². The molecule has 0 fully saturated rings. The predicted octanol–water partition coefficient (Wildman–Crippen LogP) is 3.86. The molecule has 0 radical (unpaired) electrons. The zero-order valence-corrected chi connectivity index (χ0v) is 13.4. The molecule has 110 valence electrons. The fourth-order valence-electron chi connectivity index (χ4n) is 1.69. The van der Waals surface area contributed by atoms with Gasteiger partial charge in [0.05, 0.1) is 7.11 Å². The Hall–Kier alpha value is -2.01. The molecule has 0 bridgehead atoms. The van der Waals surface area contributed by atoms with Crippen LogP contribution in [0.3, 0.4) is 0 Å². The first kappa shape index (κ1) is 15.4. The molecule has 0 heterocycles. The molecule has 1 N–H and O–H groups in total. The third-order valence-electron chi connectivity index (χ3n) is 2.85. The number of benzene rings is 2. The summed E-state index contributed by atoms with van der Waals surface area (Å²) in [5, 5.41) is 2.80. The van der Waals surface area contributed by atoms with Gasteiger partial charge in [-0.25, -0.2) is 0 Å². The van der Waals surface area contributed by atoms with Crippen LogP contribution in [-0.4, -0.2) is 19.1 Å². The fourth-order valence-corrected chi connectivity index (χ4v) is 1.95. The zero-order chi connectivity index (χ0) is 15.2. The second kappa shape index (κ2) is 7.13. The molecule has 2 rings (SSSR count). The van der Waals surface area contributed by atoms with Crippen LogP contribution in [0.1, 0.15) is 6.92 Å². The Bertz CT molecular complexity index is 596. The van der Waals surface area contributed by atoms with Crippen molar-refractivity contribution >= 4 is 27.5 Å². The summed E-state index contributed by atoms with van der Waals surface area (Å²) in [6.07, 6.45) is -0.590. The van der Waals surface area contributed by atoms with E-state index in [-0.39, 0.29) is 5.91 Å². The summed E-state index contributed by atoms with van der Waals surface area (Å²) in [4.78, 5) is 12.1. The van der Waals surface area contributed by atoms with Crippen LogP contribution in [0.2, 0.25) is 0 Å². The minimum absolute atomic E-state index is 0.205. The van der Waals surface area contributed by atoms with Crippen LogP contribution in [0.15, 0.2) is 53.0 Å². The molecule has 2 aromatic rings. The van der Waals surface area contributed by atoms with Crippen molar-refractivity contribution < 1.29 is 14.3 Å². The largest absolute Gasteiger partial charge is 0.497 e. The lowest BCUT2D eigenvalue weighted by Crippen LogP contribution is -2.30. The Morgan fingerprint density at radius 2 is 1.62 bits per heavy atom. The molecule has 0 aliphatic carbocycles. The first-order valence-electron chi connectivity index (χ1n) is 6.45. The molecule has 4 nitrogen and oxygen atoms in total. The van der Waals surface area contributed by atoms with Gasteiger partial charge in [0.1, 0.15) is 11.5 Å². The number of hydrogen-bond acceptors (Lipinski definition) is 3. The quantitative estimate of drug-likeness (QED) is 0.891. The third kappa shape index (κ3) is 4.49. The minimum Gasteiger partial charge on any atom is -0.497 e. The van der Waals surface area contributed by atoms with E-state index in [4.69, 9.17) is 9.47 Å². The summed E-state index contributed by atoms with van der Waals surface area (Å²) in [5.74, 6) is 1.19. The highest BCUT2D eigenvalue weighted by Crippen LogP contribution is 2.18. The second-order valence-electron chi connectivity index (χ2n) is 4.43. The van der Waals surface area contributed by atoms with Gasteiger partial charge in [-0.05, 0) is 55.5 Å². The molecule has 1 amide bonds. The van der Waals surface area contributed by atoms with E-state index < -0.39 is 6.10 Å². The number of rotatable bonds is 5. The Balaban J connectivity index is 1.93. The van der Waals surface area contributed by atoms with Gasteiger partial charge in [-0.2, -0.15) is 0 Å². The molecule has 2 aromatic carbocycles. The van der Waals surface area contributed by atoms with Crippen LogP contribution in [0.4, 0.5) is 5.69 Å². The van der Waals surface area contributed by atoms with Crippen molar-refractivity contribution in [1.82, 2.24) is 0 Å². The number of halogens is 1. The van der Waals surface area contributed by atoms with Gasteiger partial charge in [0, 0.05) is 10.2 Å². The summed E-state index contributed by atoms with van der Waals surface area (Å²) in [7, 11) is 1.60. The zero-order valence-electron chi connectivity index (χ0n) is 11.8. The highest BCUT2D eigenvalue weighted by molar-refractivity contribution is 9.10. The Morgan fingerprint density at radius 3 is 2.19 bits per heavy atom. The van der Waals surface area contributed by atoms with Crippen LogP contribution >= 0.6 is 15.9 Å². The van der Waals surface area contributed by atoms with Crippen LogP contribution in [0.5, 0.6) is 11.5 Å². The highest BCUT2D eigenvalue weighted by Gasteiger charge is 2.14. The third-order valence-corrected chi connectivity index (χ3v) is 3.38. The van der Waals surface area contributed by atoms with Gasteiger partial charge in [0.15, 0.2) is 6.10 Å². The Morgan fingerprint density at radius 1 is 1.05 bits per heavy atom. The molecule has 21 heavy (non-hydrogen) atoms. The van der Waals surface area contributed by atoms with Crippen LogP contribution in [0, 0.1) is 0 Å². The van der Waals surface area contributed by atoms with E-state index in [2.05, 4.69) is 21.2 Å². The van der Waals surface area contributed by atoms with Gasteiger partial charge in [-0.3, -0.25) is 4.79 Å². The molecule has 5 heteroatoms. The van der Waals surface area contributed by atoms with Gasteiger partial charge >= 0.3 is 0 Å². The van der Waals surface area contributed by atoms with Crippen LogP contribution < -0.4 is 14.8 Å². The maximum atomic E-state index is 12.1. The number of anilines is 1. The first-order valence-corrected chi connectivity index (χ1v) is 7.25. The van der Waals surface area contributed by atoms with Crippen molar-refractivity contribution in [3.63, 3.8) is 0 Å². The number of amides is 1. The molecular formula is C16H16BrNO3. The van der Waals surface area contributed by atoms with E-state index in [0.29, 0.717) is 11.4 Å². The molecular weight excluding hydrogens is 334 g/mol. The number of ether oxygens (including phenoxy) is 2. The smallest absolute Gasteiger partial charge is 0.265 e. The fraction of sp³-hybridized carbons (Fsp3) is 0.188. The average molecular weight is 350 g/mol. The molecule has 1 atom stereocenters. The van der Waals surface area contributed by atoms with Crippen molar-refractivity contribution in [2.45, 2.75) is 13.0 Å². The number of nitrogens with one attached hydrogen (secondary N) is 1. The summed E-state index contributed by atoms with van der Waals surface area (Å²) >= 11 is 3.35. The van der Waals surface area contributed by atoms with E-state index in [9.17, 15) is 4.79 Å². The van der Waals surface area contributed by atoms with Crippen molar-refractivity contribution in [2.24, 2.45) is 0 Å². The SMILES string of the molecule is COc1ccc(NC(=O)[C@@H](C)Oc2ccc(Br)cc2)cc1. The van der Waals surface area contributed by atoms with Gasteiger partial charge in [0.2, 0.25) is 0 Å². The summed E-state index contributed by atoms with van der Waals surface area (Å²) in [6.45, 7) is 1.71. The van der Waals surface area contributed by atoms with Crippen LogP contribution in [-0.2, 0) is 4.79 Å². The normalized spacial score (nSPS) is 11.6. The number of carbonyl (C=O) groups excluding carboxylic acids is 1. The molecule has 0 saturated heterocycles. The standard InChI is InChI=1S/C16H16BrNO3/c1-11(21-15-7-3-12(17)4-8-15)16(19)18-13-5-9-14(20-2)10-6-13/h3-11H,1-2H3,(H,18,19)/t11-/m1/s1. The van der Waals surface area contributed by atoms with Crippen molar-refractivity contribution in [2.75, 3.05) is 12.4 Å². The van der Waals surface area contributed by atoms with Gasteiger partial charge in [0.25, 0.3) is 5.91 Å². The molecule has 0 unspecified atom stereocenters. The lowest BCUT2D eigenvalue weighted by molar-refractivity contribution is -0.122. The van der Waals surface area contributed by atoms with Crippen molar-refractivity contribution in [3.8, 4) is 11.5 Å². The van der Waals surface area contributed by atoms with E-state index in [1.165, 1.54) is 0 Å². The topological polar surface area (TPSA) is 47.6 Å². The molecule has 0 aromatic heterocycles. The summed E-state index contributed by atoms with van der Waals surface area (Å²) in [6, 6.07) is 14.5. The Kier molecular flexibility index (Phi) is 5.22. The van der Waals surface area contributed by atoms with E-state index in [1.807, 2.05) is 12.1 Å². The highest BCUT2D eigenvalue weighted by atomic mass is 79.9. The van der Waals surface area contributed by atoms with E-state index in [1.54, 1.807) is 50.4 Å². The first-order chi connectivity index (χ1) is 10.1. The van der Waals surface area contributed by atoms with Gasteiger partial charge in [-0.1, -0.05) is 15.9 Å². The monoisotopic (exact) mass is 349 g/mol. The lowest BCUT2D eigenvalue weighted by Gasteiger charge is -2.15. The lowest BCUT2D eigenvalue weighted by atomic mass is 10.2. The molecule has 0 spiro atoms.